The van der Waals surface area contributed by atoms with E-state index in [-0.39, 0.29) is 18.3 Å². The van der Waals surface area contributed by atoms with E-state index in [9.17, 15) is 4.79 Å². The summed E-state index contributed by atoms with van der Waals surface area (Å²) in [4.78, 5) is 12.1. The van der Waals surface area contributed by atoms with Crippen molar-refractivity contribution in [3.05, 3.63) is 0 Å². The van der Waals surface area contributed by atoms with Gasteiger partial charge in [0.2, 0.25) is 5.91 Å². The average Bonchev–Trinajstić information content (AvgIpc) is 2.15. The summed E-state index contributed by atoms with van der Waals surface area (Å²) in [6.07, 6.45) is 5.16. The quantitative estimate of drug-likeness (QED) is 0.830. The van der Waals surface area contributed by atoms with Gasteiger partial charge in [-0.1, -0.05) is 27.2 Å². The van der Waals surface area contributed by atoms with Crippen molar-refractivity contribution in [2.45, 2.75) is 71.4 Å². The Balaban J connectivity index is 0.00000289. The van der Waals surface area contributed by atoms with E-state index < -0.39 is 5.54 Å². The van der Waals surface area contributed by atoms with Crippen LogP contribution in [0.25, 0.3) is 0 Å². The van der Waals surface area contributed by atoms with Crippen LogP contribution in [0, 0.1) is 11.8 Å². The molecule has 0 bridgehead atoms. The first-order valence-electron chi connectivity index (χ1n) is 6.95. The normalized spacial score (nSPS) is 31.1. The van der Waals surface area contributed by atoms with Crippen LogP contribution in [-0.2, 0) is 4.79 Å². The van der Waals surface area contributed by atoms with E-state index in [2.05, 4.69) is 26.1 Å². The molecular weight excluding hydrogens is 248 g/mol. The Kier molecular flexibility index (Phi) is 7.23. The fraction of sp³-hybridized carbons (Fsp3) is 0.929. The lowest BCUT2D eigenvalue weighted by Gasteiger charge is -2.34. The van der Waals surface area contributed by atoms with Crippen molar-refractivity contribution in [3.8, 4) is 0 Å². The van der Waals surface area contributed by atoms with E-state index in [1.54, 1.807) is 0 Å². The van der Waals surface area contributed by atoms with Gasteiger partial charge in [0, 0.05) is 6.04 Å². The van der Waals surface area contributed by atoms with Crippen molar-refractivity contribution in [1.29, 1.82) is 0 Å². The maximum atomic E-state index is 12.1. The van der Waals surface area contributed by atoms with Gasteiger partial charge in [-0.25, -0.2) is 0 Å². The van der Waals surface area contributed by atoms with Crippen molar-refractivity contribution in [3.63, 3.8) is 0 Å². The molecular formula is C14H29ClN2O. The molecule has 3 atom stereocenters. The zero-order chi connectivity index (χ0) is 13.1. The van der Waals surface area contributed by atoms with E-state index >= 15 is 0 Å². The summed E-state index contributed by atoms with van der Waals surface area (Å²) in [6.45, 7) is 8.43. The predicted octanol–water partition coefficient (Wildman–Crippen LogP) is 2.87. The van der Waals surface area contributed by atoms with Crippen molar-refractivity contribution in [1.82, 2.24) is 5.32 Å². The highest BCUT2D eigenvalue weighted by Crippen LogP contribution is 2.28. The number of nitrogens with one attached hydrogen (secondary N) is 1. The first kappa shape index (κ1) is 17.7. The van der Waals surface area contributed by atoms with Gasteiger partial charge >= 0.3 is 0 Å². The molecule has 3 unspecified atom stereocenters. The first-order chi connectivity index (χ1) is 7.85. The molecule has 0 aromatic heterocycles. The molecule has 1 fully saturated rings. The highest BCUT2D eigenvalue weighted by atomic mass is 35.5. The lowest BCUT2D eigenvalue weighted by molar-refractivity contribution is -0.127. The summed E-state index contributed by atoms with van der Waals surface area (Å²) in [6, 6.07) is 0.320. The Hall–Kier alpha value is -0.280. The maximum Gasteiger partial charge on any atom is 0.240 e. The number of amides is 1. The van der Waals surface area contributed by atoms with Crippen LogP contribution in [0.2, 0.25) is 0 Å². The van der Waals surface area contributed by atoms with Crippen LogP contribution in [-0.4, -0.2) is 17.5 Å². The minimum absolute atomic E-state index is 0. The predicted molar refractivity (Wildman–Crippen MR) is 78.9 cm³/mol. The second kappa shape index (κ2) is 7.34. The molecule has 108 valence electrons. The Morgan fingerprint density at radius 2 is 1.78 bits per heavy atom. The second-order valence-electron chi connectivity index (χ2n) is 6.26. The minimum Gasteiger partial charge on any atom is -0.352 e. The number of carbonyl (C=O) groups excluding carboxylic acids is 1. The molecule has 0 spiro atoms. The Morgan fingerprint density at radius 1 is 1.28 bits per heavy atom. The van der Waals surface area contributed by atoms with Crippen LogP contribution in [0.4, 0.5) is 0 Å². The molecule has 0 aliphatic heterocycles. The van der Waals surface area contributed by atoms with E-state index in [0.717, 1.165) is 25.7 Å². The van der Waals surface area contributed by atoms with Crippen LogP contribution < -0.4 is 11.1 Å². The zero-order valence-electron chi connectivity index (χ0n) is 12.2. The molecule has 4 heteroatoms. The van der Waals surface area contributed by atoms with Crippen LogP contribution >= 0.6 is 12.4 Å². The molecule has 1 amide bonds. The standard InChI is InChI=1S/C14H28N2O.ClH/c1-5-6-14(4,15)13(17)16-12-8-10(2)7-11(3)9-12;/h10-12H,5-9,15H2,1-4H3,(H,16,17);1H. The Labute approximate surface area is 118 Å². The molecule has 0 aromatic carbocycles. The third-order valence-corrected chi connectivity index (χ3v) is 3.80. The maximum absolute atomic E-state index is 12.1. The Morgan fingerprint density at radius 3 is 2.22 bits per heavy atom. The van der Waals surface area contributed by atoms with E-state index in [0.29, 0.717) is 17.9 Å². The summed E-state index contributed by atoms with van der Waals surface area (Å²) in [5.41, 5.74) is 5.34. The largest absolute Gasteiger partial charge is 0.352 e. The van der Waals surface area contributed by atoms with Crippen molar-refractivity contribution in [2.75, 3.05) is 0 Å². The lowest BCUT2D eigenvalue weighted by atomic mass is 9.80. The van der Waals surface area contributed by atoms with Gasteiger partial charge in [0.05, 0.1) is 5.54 Å². The molecule has 1 aliphatic rings. The molecule has 0 radical (unpaired) electrons. The van der Waals surface area contributed by atoms with Gasteiger partial charge in [-0.2, -0.15) is 0 Å². The van der Waals surface area contributed by atoms with Crippen LogP contribution in [0.3, 0.4) is 0 Å². The molecule has 3 N–H and O–H groups in total. The van der Waals surface area contributed by atoms with Crippen LogP contribution in [0.1, 0.15) is 59.8 Å². The van der Waals surface area contributed by atoms with Gasteiger partial charge in [0.15, 0.2) is 0 Å². The van der Waals surface area contributed by atoms with Gasteiger partial charge in [-0.15, -0.1) is 12.4 Å². The summed E-state index contributed by atoms with van der Waals surface area (Å²) in [5, 5.41) is 3.14. The monoisotopic (exact) mass is 276 g/mol. The Bertz CT molecular complexity index is 259. The molecule has 0 heterocycles. The molecule has 0 aromatic rings. The summed E-state index contributed by atoms with van der Waals surface area (Å²) < 4.78 is 0. The number of hydrogen-bond donors (Lipinski definition) is 2. The first-order valence-corrected chi connectivity index (χ1v) is 6.95. The van der Waals surface area contributed by atoms with Gasteiger partial charge in [-0.05, 0) is 44.4 Å². The number of halogens is 1. The van der Waals surface area contributed by atoms with Crippen molar-refractivity contribution >= 4 is 18.3 Å². The van der Waals surface area contributed by atoms with E-state index in [1.807, 2.05) is 6.92 Å². The van der Waals surface area contributed by atoms with Gasteiger partial charge < -0.3 is 11.1 Å². The van der Waals surface area contributed by atoms with Crippen LogP contribution in [0.15, 0.2) is 0 Å². The second-order valence-corrected chi connectivity index (χ2v) is 6.26. The van der Waals surface area contributed by atoms with E-state index in [4.69, 9.17) is 5.73 Å². The number of carbonyl (C=O) groups is 1. The SMILES string of the molecule is CCCC(C)(N)C(=O)NC1CC(C)CC(C)C1.Cl. The third kappa shape index (κ3) is 5.15. The summed E-state index contributed by atoms with van der Waals surface area (Å²) in [5.74, 6) is 1.43. The van der Waals surface area contributed by atoms with Crippen molar-refractivity contribution < 1.29 is 4.79 Å². The molecule has 0 saturated heterocycles. The average molecular weight is 277 g/mol. The number of rotatable bonds is 4. The van der Waals surface area contributed by atoms with Gasteiger partial charge in [0.25, 0.3) is 0 Å². The van der Waals surface area contributed by atoms with Gasteiger partial charge in [-0.3, -0.25) is 4.79 Å². The molecule has 1 aliphatic carbocycles. The van der Waals surface area contributed by atoms with Crippen LogP contribution in [0.5, 0.6) is 0 Å². The smallest absolute Gasteiger partial charge is 0.240 e. The highest BCUT2D eigenvalue weighted by Gasteiger charge is 2.31. The topological polar surface area (TPSA) is 55.1 Å². The highest BCUT2D eigenvalue weighted by molar-refractivity contribution is 5.86. The molecule has 18 heavy (non-hydrogen) atoms. The summed E-state index contributed by atoms with van der Waals surface area (Å²) >= 11 is 0. The van der Waals surface area contributed by atoms with Crippen molar-refractivity contribution in [2.24, 2.45) is 17.6 Å². The minimum atomic E-state index is -0.710. The molecule has 1 saturated carbocycles. The zero-order valence-corrected chi connectivity index (χ0v) is 13.0. The number of nitrogens with two attached hydrogens (primary N) is 1. The van der Waals surface area contributed by atoms with E-state index in [1.165, 1.54) is 6.42 Å². The summed E-state index contributed by atoms with van der Waals surface area (Å²) in [7, 11) is 0. The fourth-order valence-electron chi connectivity index (χ4n) is 3.05. The molecule has 3 nitrogen and oxygen atoms in total. The third-order valence-electron chi connectivity index (χ3n) is 3.80. The number of hydrogen-bond acceptors (Lipinski definition) is 2. The fourth-order valence-corrected chi connectivity index (χ4v) is 3.05. The molecule has 1 rings (SSSR count). The lowest BCUT2D eigenvalue weighted by Crippen LogP contribution is -2.55. The van der Waals surface area contributed by atoms with Gasteiger partial charge in [0.1, 0.15) is 0 Å².